The number of benzene rings is 2. The van der Waals surface area contributed by atoms with Gasteiger partial charge < -0.3 is 4.74 Å². The van der Waals surface area contributed by atoms with Crippen LogP contribution in [0.3, 0.4) is 0 Å². The van der Waals surface area contributed by atoms with E-state index in [4.69, 9.17) is 4.74 Å². The molecule has 0 unspecified atom stereocenters. The second-order valence-corrected chi connectivity index (χ2v) is 4.86. The maximum absolute atomic E-state index is 11.5. The molecule has 0 spiro atoms. The van der Waals surface area contributed by atoms with Gasteiger partial charge in [-0.3, -0.25) is 4.79 Å². The molecule has 1 N–H and O–H groups in total. The number of nitrogens with one attached hydrogen (secondary N) is 1. The van der Waals surface area contributed by atoms with Gasteiger partial charge >= 0.3 is 0 Å². The quantitative estimate of drug-likeness (QED) is 0.676. The number of nitrogens with zero attached hydrogens (tertiary/aromatic N) is 1. The molecule has 0 saturated heterocycles. The topological polar surface area (TPSA) is 50.7 Å². The fraction of sp³-hybridized carbons (Fsp3) is 0.0667. The maximum atomic E-state index is 11.5. The molecule has 20 heavy (non-hydrogen) atoms. The van der Waals surface area contributed by atoms with Crippen molar-refractivity contribution in [1.29, 1.82) is 0 Å². The van der Waals surface area contributed by atoms with E-state index in [9.17, 15) is 4.79 Å². The van der Waals surface area contributed by atoms with E-state index in [0.29, 0.717) is 5.75 Å². The number of carbonyl (C=O) groups is 1. The van der Waals surface area contributed by atoms with Crippen molar-refractivity contribution >= 4 is 28.1 Å². The summed E-state index contributed by atoms with van der Waals surface area (Å²) >= 11 is 3.35. The summed E-state index contributed by atoms with van der Waals surface area (Å²) in [6.07, 6.45) is 1.58. The highest BCUT2D eigenvalue weighted by molar-refractivity contribution is 9.10. The van der Waals surface area contributed by atoms with Crippen molar-refractivity contribution in [3.63, 3.8) is 0 Å². The Morgan fingerprint density at radius 3 is 2.55 bits per heavy atom. The molecule has 0 radical (unpaired) electrons. The summed E-state index contributed by atoms with van der Waals surface area (Å²) in [5, 5.41) is 3.86. The van der Waals surface area contributed by atoms with Gasteiger partial charge in [-0.05, 0) is 29.8 Å². The van der Waals surface area contributed by atoms with Crippen LogP contribution in [0, 0.1) is 0 Å². The molecule has 5 heteroatoms. The number of amides is 1. The molecule has 0 aliphatic heterocycles. The van der Waals surface area contributed by atoms with Crippen molar-refractivity contribution < 1.29 is 9.53 Å². The number of hydrogen-bond acceptors (Lipinski definition) is 3. The van der Waals surface area contributed by atoms with Crippen LogP contribution in [-0.2, 0) is 4.79 Å². The number of hydrogen-bond donors (Lipinski definition) is 1. The molecule has 2 aromatic carbocycles. The third-order valence-corrected chi connectivity index (χ3v) is 2.91. The van der Waals surface area contributed by atoms with E-state index in [2.05, 4.69) is 26.5 Å². The van der Waals surface area contributed by atoms with Gasteiger partial charge in [0, 0.05) is 4.47 Å². The van der Waals surface area contributed by atoms with Gasteiger partial charge in [-0.2, -0.15) is 5.10 Å². The smallest absolute Gasteiger partial charge is 0.277 e. The van der Waals surface area contributed by atoms with Crippen molar-refractivity contribution in [2.75, 3.05) is 6.61 Å². The highest BCUT2D eigenvalue weighted by Gasteiger charge is 2.00. The van der Waals surface area contributed by atoms with Crippen LogP contribution in [0.2, 0.25) is 0 Å². The Labute approximate surface area is 125 Å². The number of carbonyl (C=O) groups excluding carboxylic acids is 1. The first-order valence-corrected chi connectivity index (χ1v) is 6.78. The zero-order valence-electron chi connectivity index (χ0n) is 10.6. The number of rotatable bonds is 5. The SMILES string of the molecule is O=C(COc1ccccc1)N/N=C/c1ccc(Br)cc1. The van der Waals surface area contributed by atoms with Crippen molar-refractivity contribution in [1.82, 2.24) is 5.43 Å². The van der Waals surface area contributed by atoms with Crippen molar-refractivity contribution in [3.8, 4) is 5.75 Å². The minimum Gasteiger partial charge on any atom is -0.484 e. The normalized spacial score (nSPS) is 10.4. The van der Waals surface area contributed by atoms with Crippen LogP contribution in [0.15, 0.2) is 64.2 Å². The standard InChI is InChI=1S/C15H13BrN2O2/c16-13-8-6-12(7-9-13)10-17-18-15(19)11-20-14-4-2-1-3-5-14/h1-10H,11H2,(H,18,19)/b17-10+. The van der Waals surface area contributed by atoms with Crippen LogP contribution in [0.4, 0.5) is 0 Å². The Kier molecular flexibility index (Phi) is 5.32. The molecule has 0 fully saturated rings. The summed E-state index contributed by atoms with van der Waals surface area (Å²) in [5.74, 6) is 0.349. The van der Waals surface area contributed by atoms with Gasteiger partial charge in [0.1, 0.15) is 5.75 Å². The Bertz CT molecular complexity index is 583. The van der Waals surface area contributed by atoms with Gasteiger partial charge in [0.25, 0.3) is 5.91 Å². The fourth-order valence-corrected chi connectivity index (χ4v) is 1.69. The molecule has 0 atom stereocenters. The van der Waals surface area contributed by atoms with Gasteiger partial charge in [-0.25, -0.2) is 5.43 Å². The van der Waals surface area contributed by atoms with Crippen LogP contribution in [0.25, 0.3) is 0 Å². The van der Waals surface area contributed by atoms with E-state index >= 15 is 0 Å². The summed E-state index contributed by atoms with van der Waals surface area (Å²) in [5.41, 5.74) is 3.31. The average Bonchev–Trinajstić information content (AvgIpc) is 2.48. The van der Waals surface area contributed by atoms with Crippen LogP contribution in [0.5, 0.6) is 5.75 Å². The van der Waals surface area contributed by atoms with Crippen LogP contribution >= 0.6 is 15.9 Å². The molecule has 0 aliphatic rings. The molecule has 1 amide bonds. The summed E-state index contributed by atoms with van der Waals surface area (Å²) in [7, 11) is 0. The van der Waals surface area contributed by atoms with Crippen molar-refractivity contribution in [2.45, 2.75) is 0 Å². The Balaban J connectivity index is 1.76. The fourth-order valence-electron chi connectivity index (χ4n) is 1.43. The lowest BCUT2D eigenvalue weighted by atomic mass is 10.2. The van der Waals surface area contributed by atoms with E-state index in [1.165, 1.54) is 0 Å². The van der Waals surface area contributed by atoms with Gasteiger partial charge in [-0.1, -0.05) is 46.3 Å². The third kappa shape index (κ3) is 4.85. The second-order valence-electron chi connectivity index (χ2n) is 3.95. The predicted octanol–water partition coefficient (Wildman–Crippen LogP) is 2.98. The molecule has 102 valence electrons. The first-order chi connectivity index (χ1) is 9.74. The summed E-state index contributed by atoms with van der Waals surface area (Å²) < 4.78 is 6.29. The summed E-state index contributed by atoms with van der Waals surface area (Å²) in [6, 6.07) is 16.7. The summed E-state index contributed by atoms with van der Waals surface area (Å²) in [4.78, 5) is 11.5. The van der Waals surface area contributed by atoms with Crippen molar-refractivity contribution in [2.24, 2.45) is 5.10 Å². The third-order valence-electron chi connectivity index (χ3n) is 2.39. The average molecular weight is 333 g/mol. The zero-order valence-corrected chi connectivity index (χ0v) is 12.2. The molecule has 0 heterocycles. The molecule has 2 aromatic rings. The van der Waals surface area contributed by atoms with E-state index < -0.39 is 0 Å². The van der Waals surface area contributed by atoms with Gasteiger partial charge in [-0.15, -0.1) is 0 Å². The van der Waals surface area contributed by atoms with Gasteiger partial charge in [0.05, 0.1) is 6.21 Å². The van der Waals surface area contributed by atoms with Gasteiger partial charge in [0.15, 0.2) is 6.61 Å². The molecule has 4 nitrogen and oxygen atoms in total. The minimum atomic E-state index is -0.304. The van der Waals surface area contributed by atoms with E-state index in [1.807, 2.05) is 42.5 Å². The maximum Gasteiger partial charge on any atom is 0.277 e. The number of para-hydroxylation sites is 1. The minimum absolute atomic E-state index is 0.0678. The highest BCUT2D eigenvalue weighted by atomic mass is 79.9. The van der Waals surface area contributed by atoms with Crippen LogP contribution < -0.4 is 10.2 Å². The lowest BCUT2D eigenvalue weighted by Crippen LogP contribution is -2.24. The van der Waals surface area contributed by atoms with Crippen LogP contribution in [0.1, 0.15) is 5.56 Å². The first kappa shape index (κ1) is 14.3. The lowest BCUT2D eigenvalue weighted by Gasteiger charge is -2.04. The first-order valence-electron chi connectivity index (χ1n) is 5.99. The van der Waals surface area contributed by atoms with Gasteiger partial charge in [0.2, 0.25) is 0 Å². The Morgan fingerprint density at radius 2 is 1.85 bits per heavy atom. The Hall–Kier alpha value is -2.14. The van der Waals surface area contributed by atoms with Crippen molar-refractivity contribution in [3.05, 3.63) is 64.6 Å². The predicted molar refractivity (Wildman–Crippen MR) is 81.8 cm³/mol. The largest absolute Gasteiger partial charge is 0.484 e. The second kappa shape index (κ2) is 7.45. The monoisotopic (exact) mass is 332 g/mol. The highest BCUT2D eigenvalue weighted by Crippen LogP contribution is 2.09. The van der Waals surface area contributed by atoms with E-state index in [1.54, 1.807) is 18.3 Å². The molecule has 0 bridgehead atoms. The molecule has 2 rings (SSSR count). The molecule has 0 aliphatic carbocycles. The zero-order chi connectivity index (χ0) is 14.2. The molecular weight excluding hydrogens is 320 g/mol. The molecular formula is C15H13BrN2O2. The number of hydrazone groups is 1. The van der Waals surface area contributed by atoms with E-state index in [-0.39, 0.29) is 12.5 Å². The number of ether oxygens (including phenoxy) is 1. The van der Waals surface area contributed by atoms with E-state index in [0.717, 1.165) is 10.0 Å². The molecule has 0 aromatic heterocycles. The number of halogens is 1. The Morgan fingerprint density at radius 1 is 1.15 bits per heavy atom. The molecule has 0 saturated carbocycles. The summed E-state index contributed by atoms with van der Waals surface area (Å²) in [6.45, 7) is -0.0678. The lowest BCUT2D eigenvalue weighted by molar-refractivity contribution is -0.123. The van der Waals surface area contributed by atoms with Crippen LogP contribution in [-0.4, -0.2) is 18.7 Å².